The van der Waals surface area contributed by atoms with E-state index >= 15 is 0 Å². The van der Waals surface area contributed by atoms with Crippen molar-refractivity contribution >= 4 is 5.71 Å². The summed E-state index contributed by atoms with van der Waals surface area (Å²) >= 11 is 0. The maximum Gasteiger partial charge on any atom is 0.112 e. The van der Waals surface area contributed by atoms with E-state index in [0.29, 0.717) is 4.70 Å². The van der Waals surface area contributed by atoms with Crippen molar-refractivity contribution in [2.24, 2.45) is 5.10 Å². The minimum absolute atomic E-state index is 0.575. The van der Waals surface area contributed by atoms with Crippen LogP contribution < -0.4 is 5.43 Å². The summed E-state index contributed by atoms with van der Waals surface area (Å²) < 4.78 is 0.575. The Kier molecular flexibility index (Phi) is 1.10. The van der Waals surface area contributed by atoms with Crippen LogP contribution >= 0.6 is 0 Å². The summed E-state index contributed by atoms with van der Waals surface area (Å²) in [5.74, 6) is 0. The van der Waals surface area contributed by atoms with Gasteiger partial charge in [0, 0.05) is 0 Å². The highest BCUT2D eigenvalue weighted by Gasteiger charge is 2.20. The highest BCUT2D eigenvalue weighted by atomic mass is 15.8. The average Bonchev–Trinajstić information content (AvgIpc) is 1.82. The molecule has 0 atom stereocenters. The van der Waals surface area contributed by atoms with E-state index in [1.54, 1.807) is 0 Å². The maximum atomic E-state index is 4.26. The van der Waals surface area contributed by atoms with Crippen molar-refractivity contribution in [3.8, 4) is 0 Å². The molecule has 0 bridgehead atoms. The molecule has 3 heteroatoms. The predicted molar refractivity (Wildman–Crippen MR) is 33.2 cm³/mol. The van der Waals surface area contributed by atoms with Crippen LogP contribution in [0.4, 0.5) is 0 Å². The average molecular weight is 114 g/mol. The molecular weight excluding hydrogens is 102 g/mol. The molecule has 1 aliphatic rings. The highest BCUT2D eigenvalue weighted by molar-refractivity contribution is 5.83. The second-order valence-electron chi connectivity index (χ2n) is 2.56. The summed E-state index contributed by atoms with van der Waals surface area (Å²) in [6.07, 6.45) is 0. The van der Waals surface area contributed by atoms with Crippen molar-refractivity contribution in [3.63, 3.8) is 0 Å². The zero-order chi connectivity index (χ0) is 6.20. The largest absolute Gasteiger partial charge is 0.136 e. The fraction of sp³-hybridized carbons (Fsp3) is 0.800. The van der Waals surface area contributed by atoms with Gasteiger partial charge in [-0.1, -0.05) is 5.10 Å². The van der Waals surface area contributed by atoms with E-state index in [-0.39, 0.29) is 0 Å². The van der Waals surface area contributed by atoms with Gasteiger partial charge in [0.1, 0.15) is 14.1 Å². The van der Waals surface area contributed by atoms with Gasteiger partial charge in [-0.15, -0.1) is 10.1 Å². The van der Waals surface area contributed by atoms with Crippen molar-refractivity contribution in [2.45, 2.75) is 6.92 Å². The van der Waals surface area contributed by atoms with Crippen LogP contribution in [-0.2, 0) is 0 Å². The van der Waals surface area contributed by atoms with E-state index in [9.17, 15) is 0 Å². The first kappa shape index (κ1) is 5.72. The van der Waals surface area contributed by atoms with Gasteiger partial charge in [0.2, 0.25) is 0 Å². The Balaban J connectivity index is 2.67. The Hall–Kier alpha value is -0.410. The van der Waals surface area contributed by atoms with Crippen LogP contribution in [0, 0.1) is 0 Å². The summed E-state index contributed by atoms with van der Waals surface area (Å²) in [5.41, 5.74) is 4.36. The SMILES string of the molecule is CC1=N[N+](C)(C)NC1. The van der Waals surface area contributed by atoms with Gasteiger partial charge in [0.15, 0.2) is 0 Å². The molecule has 0 aliphatic carbocycles. The summed E-state index contributed by atoms with van der Waals surface area (Å²) in [6.45, 7) is 2.95. The smallest absolute Gasteiger partial charge is 0.112 e. The van der Waals surface area contributed by atoms with E-state index in [1.807, 2.05) is 21.0 Å². The third-order valence-electron chi connectivity index (χ3n) is 1.14. The normalized spacial score (nSPS) is 25.6. The fourth-order valence-electron chi connectivity index (χ4n) is 0.805. The van der Waals surface area contributed by atoms with Gasteiger partial charge >= 0.3 is 0 Å². The number of nitrogens with zero attached hydrogens (tertiary/aromatic N) is 2. The molecule has 0 saturated heterocycles. The molecule has 1 N–H and O–H groups in total. The maximum absolute atomic E-state index is 4.26. The van der Waals surface area contributed by atoms with Gasteiger partial charge in [-0.2, -0.15) is 0 Å². The zero-order valence-electron chi connectivity index (χ0n) is 5.60. The number of nitrogens with one attached hydrogen (secondary N) is 1. The second-order valence-corrected chi connectivity index (χ2v) is 2.56. The number of rotatable bonds is 0. The van der Waals surface area contributed by atoms with E-state index in [4.69, 9.17) is 0 Å². The summed E-state index contributed by atoms with van der Waals surface area (Å²) in [5, 5.41) is 4.26. The van der Waals surface area contributed by atoms with Crippen molar-refractivity contribution < 1.29 is 4.70 Å². The molecule has 1 heterocycles. The molecule has 0 aromatic rings. The Morgan fingerprint density at radius 1 is 1.62 bits per heavy atom. The molecule has 46 valence electrons. The van der Waals surface area contributed by atoms with E-state index in [1.165, 1.54) is 5.71 Å². The summed E-state index contributed by atoms with van der Waals surface area (Å²) in [6, 6.07) is 0. The summed E-state index contributed by atoms with van der Waals surface area (Å²) in [7, 11) is 4.02. The molecule has 0 saturated carbocycles. The van der Waals surface area contributed by atoms with E-state index in [2.05, 4.69) is 10.5 Å². The van der Waals surface area contributed by atoms with Gasteiger partial charge in [-0.25, -0.2) is 0 Å². The molecule has 8 heavy (non-hydrogen) atoms. The topological polar surface area (TPSA) is 24.4 Å². The third kappa shape index (κ3) is 1.05. The molecule has 0 unspecified atom stereocenters. The fourth-order valence-corrected chi connectivity index (χ4v) is 0.805. The minimum Gasteiger partial charge on any atom is -0.136 e. The molecular formula is C5H12N3+. The lowest BCUT2D eigenvalue weighted by Crippen LogP contribution is -2.42. The monoisotopic (exact) mass is 114 g/mol. The summed E-state index contributed by atoms with van der Waals surface area (Å²) in [4.78, 5) is 0. The van der Waals surface area contributed by atoms with Crippen molar-refractivity contribution in [1.29, 1.82) is 0 Å². The lowest BCUT2D eigenvalue weighted by atomic mass is 10.4. The molecule has 0 radical (unpaired) electrons. The second kappa shape index (κ2) is 1.53. The van der Waals surface area contributed by atoms with E-state index < -0.39 is 0 Å². The third-order valence-corrected chi connectivity index (χ3v) is 1.14. The van der Waals surface area contributed by atoms with Crippen LogP contribution in [0.15, 0.2) is 5.10 Å². The molecule has 0 amide bonds. The lowest BCUT2D eigenvalue weighted by molar-refractivity contribution is -0.934. The first-order valence-corrected chi connectivity index (χ1v) is 2.75. The Labute approximate surface area is 49.5 Å². The number of hydrogen-bond donors (Lipinski definition) is 1. The quantitative estimate of drug-likeness (QED) is 0.439. The van der Waals surface area contributed by atoms with Gasteiger partial charge in [0.25, 0.3) is 0 Å². The molecule has 0 aromatic carbocycles. The molecule has 1 aliphatic heterocycles. The van der Waals surface area contributed by atoms with Crippen LogP contribution in [-0.4, -0.2) is 31.1 Å². The van der Waals surface area contributed by atoms with Crippen LogP contribution in [0.1, 0.15) is 6.92 Å². The van der Waals surface area contributed by atoms with Gasteiger partial charge < -0.3 is 0 Å². The van der Waals surface area contributed by atoms with Crippen molar-refractivity contribution in [1.82, 2.24) is 5.43 Å². The first-order chi connectivity index (χ1) is 3.60. The molecule has 0 fully saturated rings. The molecule has 1 rings (SSSR count). The Morgan fingerprint density at radius 3 is 2.38 bits per heavy atom. The molecule has 0 aromatic heterocycles. The van der Waals surface area contributed by atoms with Crippen LogP contribution in [0.3, 0.4) is 0 Å². The molecule has 3 nitrogen and oxygen atoms in total. The van der Waals surface area contributed by atoms with Gasteiger partial charge in [-0.3, -0.25) is 0 Å². The van der Waals surface area contributed by atoms with Crippen molar-refractivity contribution in [2.75, 3.05) is 20.6 Å². The van der Waals surface area contributed by atoms with Crippen molar-refractivity contribution in [3.05, 3.63) is 0 Å². The highest BCUT2D eigenvalue weighted by Crippen LogP contribution is 1.99. The Bertz CT molecular complexity index is 126. The first-order valence-electron chi connectivity index (χ1n) is 2.75. The van der Waals surface area contributed by atoms with Gasteiger partial charge in [0.05, 0.1) is 12.3 Å². The lowest BCUT2D eigenvalue weighted by Gasteiger charge is -2.14. The van der Waals surface area contributed by atoms with Crippen LogP contribution in [0.25, 0.3) is 0 Å². The molecule has 0 spiro atoms. The minimum atomic E-state index is 0.575. The predicted octanol–water partition coefficient (Wildman–Crippen LogP) is -0.0431. The zero-order valence-corrected chi connectivity index (χ0v) is 5.60. The standard InChI is InChI=1S/C5H12N3/c1-5-4-6-8(2,3)7-5/h6H,4H2,1-3H3/q+1. The van der Waals surface area contributed by atoms with Crippen LogP contribution in [0.5, 0.6) is 0 Å². The number of quaternary nitrogens is 1. The van der Waals surface area contributed by atoms with E-state index in [0.717, 1.165) is 6.54 Å². The van der Waals surface area contributed by atoms with Crippen LogP contribution in [0.2, 0.25) is 0 Å². The number of hydrogen-bond acceptors (Lipinski definition) is 2. The van der Waals surface area contributed by atoms with Gasteiger partial charge in [-0.05, 0) is 6.92 Å². The Morgan fingerprint density at radius 2 is 2.25 bits per heavy atom.